The molecule has 4 aliphatic rings. The number of hydrogen-bond donors (Lipinski definition) is 1. The van der Waals surface area contributed by atoms with Gasteiger partial charge in [-0.3, -0.25) is 4.79 Å². The zero-order valence-electron chi connectivity index (χ0n) is 21.8. The van der Waals surface area contributed by atoms with E-state index in [9.17, 15) is 9.90 Å². The Kier molecular flexibility index (Phi) is 6.60. The van der Waals surface area contributed by atoms with E-state index in [2.05, 4.69) is 76.4 Å². The number of terminal acetylenes is 1. The van der Waals surface area contributed by atoms with E-state index < -0.39 is 0 Å². The quantitative estimate of drug-likeness (QED) is 0.529. The maximum Gasteiger partial charge on any atom is 0.156 e. The number of benzene rings is 1. The molecule has 3 heteroatoms. The van der Waals surface area contributed by atoms with Gasteiger partial charge in [-0.2, -0.15) is 0 Å². The predicted molar refractivity (Wildman–Crippen MR) is 141 cm³/mol. The number of carbonyl (C=O) groups excluding carboxylic acids is 1. The lowest BCUT2D eigenvalue weighted by atomic mass is 9.53. The molecule has 1 aromatic carbocycles. The van der Waals surface area contributed by atoms with E-state index in [1.165, 1.54) is 22.4 Å². The lowest BCUT2D eigenvalue weighted by Gasteiger charge is -2.52. The van der Waals surface area contributed by atoms with Gasteiger partial charge in [0.05, 0.1) is 6.10 Å². The van der Waals surface area contributed by atoms with Crippen molar-refractivity contribution < 1.29 is 9.90 Å². The maximum atomic E-state index is 12.2. The molecule has 5 unspecified atom stereocenters. The molecule has 0 saturated heterocycles. The fourth-order valence-corrected chi connectivity index (χ4v) is 7.62. The fourth-order valence-electron chi connectivity index (χ4n) is 7.62. The highest BCUT2D eigenvalue weighted by molar-refractivity contribution is 5.93. The smallest absolute Gasteiger partial charge is 0.156 e. The van der Waals surface area contributed by atoms with Gasteiger partial charge in [0.25, 0.3) is 0 Å². The van der Waals surface area contributed by atoms with Gasteiger partial charge < -0.3 is 10.0 Å². The van der Waals surface area contributed by atoms with Crippen molar-refractivity contribution in [3.8, 4) is 12.3 Å². The molecule has 0 heterocycles. The standard InChI is InChI=1S/C28H37NO2.C3H4/c1-27(2)16-24-22-12-8-18-14-20(30)11-13-21(18)25(22)23(15-28(24,3)26(27)31)17-6-9-19(10-7-17)29(4)5;1-3-2/h6-7,9-10,14,22-24,26,31H,8,11-13,15-16H2,1-5H3;1H,2H3. The highest BCUT2D eigenvalue weighted by Gasteiger charge is 2.61. The molecule has 5 atom stereocenters. The molecule has 0 aromatic heterocycles. The second kappa shape index (κ2) is 9.04. The van der Waals surface area contributed by atoms with E-state index in [1.54, 1.807) is 12.5 Å². The summed E-state index contributed by atoms with van der Waals surface area (Å²) in [6, 6.07) is 9.05. The molecular weight excluding hydrogens is 418 g/mol. The maximum absolute atomic E-state index is 12.2. The molecule has 34 heavy (non-hydrogen) atoms. The lowest BCUT2D eigenvalue weighted by molar-refractivity contribution is -0.114. The SMILES string of the molecule is C#CC.CN(C)c1ccc(C2CC3(C)C(CC(C)(C)C3O)C3CCC4=CC(=O)CCC4=C23)cc1. The van der Waals surface area contributed by atoms with E-state index in [0.29, 0.717) is 30.0 Å². The average molecular weight is 460 g/mol. The predicted octanol–water partition coefficient (Wildman–Crippen LogP) is 6.29. The molecule has 2 saturated carbocycles. The van der Waals surface area contributed by atoms with Crippen LogP contribution in [0.25, 0.3) is 0 Å². The number of hydrogen-bond acceptors (Lipinski definition) is 3. The summed E-state index contributed by atoms with van der Waals surface area (Å²) < 4.78 is 0. The van der Waals surface area contributed by atoms with Crippen LogP contribution in [0.2, 0.25) is 0 Å². The van der Waals surface area contributed by atoms with Gasteiger partial charge in [-0.05, 0) is 96.6 Å². The number of nitrogens with zero attached hydrogens (tertiary/aromatic N) is 1. The number of ketones is 1. The topological polar surface area (TPSA) is 40.5 Å². The number of allylic oxidation sites excluding steroid dienone is 4. The highest BCUT2D eigenvalue weighted by Crippen LogP contribution is 2.67. The minimum Gasteiger partial charge on any atom is -0.392 e. The van der Waals surface area contributed by atoms with Crippen molar-refractivity contribution in [1.29, 1.82) is 0 Å². The normalized spacial score (nSPS) is 33.5. The van der Waals surface area contributed by atoms with Crippen LogP contribution in [0.3, 0.4) is 0 Å². The van der Waals surface area contributed by atoms with E-state index in [0.717, 1.165) is 32.1 Å². The Morgan fingerprint density at radius 1 is 1.06 bits per heavy atom. The molecule has 2 fully saturated rings. The highest BCUT2D eigenvalue weighted by atomic mass is 16.3. The molecule has 0 amide bonds. The lowest BCUT2D eigenvalue weighted by Crippen LogP contribution is -2.46. The Morgan fingerprint density at radius 2 is 1.71 bits per heavy atom. The van der Waals surface area contributed by atoms with Crippen molar-refractivity contribution >= 4 is 11.5 Å². The fraction of sp³-hybridized carbons (Fsp3) is 0.581. The van der Waals surface area contributed by atoms with Crippen LogP contribution in [0.1, 0.15) is 77.7 Å². The van der Waals surface area contributed by atoms with Gasteiger partial charge in [-0.25, -0.2) is 0 Å². The van der Waals surface area contributed by atoms with Crippen molar-refractivity contribution in [2.24, 2.45) is 22.7 Å². The van der Waals surface area contributed by atoms with E-state index >= 15 is 0 Å². The summed E-state index contributed by atoms with van der Waals surface area (Å²) in [4.78, 5) is 14.3. The third-order valence-corrected chi connectivity index (χ3v) is 9.09. The van der Waals surface area contributed by atoms with Crippen molar-refractivity contribution in [2.45, 2.75) is 78.2 Å². The van der Waals surface area contributed by atoms with Crippen molar-refractivity contribution in [2.75, 3.05) is 19.0 Å². The summed E-state index contributed by atoms with van der Waals surface area (Å²) in [7, 11) is 4.16. The largest absolute Gasteiger partial charge is 0.392 e. The summed E-state index contributed by atoms with van der Waals surface area (Å²) in [5.74, 6) is 3.92. The van der Waals surface area contributed by atoms with E-state index in [4.69, 9.17) is 0 Å². The first kappa shape index (κ1) is 24.8. The van der Waals surface area contributed by atoms with Crippen LogP contribution in [0, 0.1) is 35.0 Å². The number of aliphatic hydroxyl groups is 1. The minimum absolute atomic E-state index is 0.0441. The van der Waals surface area contributed by atoms with Crippen LogP contribution in [-0.4, -0.2) is 31.1 Å². The number of aliphatic hydroxyl groups excluding tert-OH is 1. The zero-order valence-corrected chi connectivity index (χ0v) is 21.8. The zero-order chi connectivity index (χ0) is 24.8. The molecule has 4 aliphatic carbocycles. The number of anilines is 1. The first-order valence-electron chi connectivity index (χ1n) is 12.8. The Balaban J connectivity index is 0.000000868. The molecule has 182 valence electrons. The minimum atomic E-state index is -0.273. The van der Waals surface area contributed by atoms with Gasteiger partial charge in [-0.1, -0.05) is 38.5 Å². The molecule has 0 spiro atoms. The summed E-state index contributed by atoms with van der Waals surface area (Å²) in [6.45, 7) is 8.51. The Hall–Kier alpha value is -2.31. The number of rotatable bonds is 2. The van der Waals surface area contributed by atoms with Crippen LogP contribution in [0.15, 0.2) is 47.1 Å². The van der Waals surface area contributed by atoms with Gasteiger partial charge in [0.1, 0.15) is 0 Å². The first-order chi connectivity index (χ1) is 16.0. The summed E-state index contributed by atoms with van der Waals surface area (Å²) in [6.07, 6.45) is 12.0. The molecule has 0 aliphatic heterocycles. The third kappa shape index (κ3) is 4.05. The Labute approximate surface area is 206 Å². The summed E-state index contributed by atoms with van der Waals surface area (Å²) in [5.41, 5.74) is 6.87. The van der Waals surface area contributed by atoms with Crippen LogP contribution in [0.4, 0.5) is 5.69 Å². The van der Waals surface area contributed by atoms with Gasteiger partial charge >= 0.3 is 0 Å². The monoisotopic (exact) mass is 459 g/mol. The van der Waals surface area contributed by atoms with E-state index in [-0.39, 0.29) is 16.9 Å². The third-order valence-electron chi connectivity index (χ3n) is 9.09. The van der Waals surface area contributed by atoms with Crippen LogP contribution < -0.4 is 4.90 Å². The van der Waals surface area contributed by atoms with Crippen LogP contribution in [0.5, 0.6) is 0 Å². The van der Waals surface area contributed by atoms with Gasteiger partial charge in [-0.15, -0.1) is 12.3 Å². The van der Waals surface area contributed by atoms with Crippen LogP contribution in [-0.2, 0) is 4.79 Å². The Morgan fingerprint density at radius 3 is 2.32 bits per heavy atom. The summed E-state index contributed by atoms with van der Waals surface area (Å²) >= 11 is 0. The molecule has 5 rings (SSSR count). The molecule has 1 aromatic rings. The molecular formula is C31H41NO2. The second-order valence-electron chi connectivity index (χ2n) is 12.0. The second-order valence-corrected chi connectivity index (χ2v) is 12.0. The molecule has 1 N–H and O–H groups in total. The number of fused-ring (bicyclic) bond motifs is 4. The van der Waals surface area contributed by atoms with Gasteiger partial charge in [0.2, 0.25) is 0 Å². The number of carbonyl (C=O) groups is 1. The molecule has 0 radical (unpaired) electrons. The Bertz CT molecular complexity index is 1050. The van der Waals surface area contributed by atoms with E-state index in [1.807, 2.05) is 6.08 Å². The molecule has 0 bridgehead atoms. The van der Waals surface area contributed by atoms with Crippen molar-refractivity contribution in [1.82, 2.24) is 0 Å². The van der Waals surface area contributed by atoms with Crippen LogP contribution >= 0.6 is 0 Å². The van der Waals surface area contributed by atoms with Gasteiger partial charge in [0.15, 0.2) is 5.78 Å². The molecule has 3 nitrogen and oxygen atoms in total. The first-order valence-corrected chi connectivity index (χ1v) is 12.8. The van der Waals surface area contributed by atoms with Crippen molar-refractivity contribution in [3.05, 3.63) is 52.6 Å². The average Bonchev–Trinajstić information content (AvgIpc) is 2.98. The summed E-state index contributed by atoms with van der Waals surface area (Å²) in [5, 5.41) is 11.5. The van der Waals surface area contributed by atoms with Gasteiger partial charge in [0, 0.05) is 32.1 Å². The van der Waals surface area contributed by atoms with Crippen molar-refractivity contribution in [3.63, 3.8) is 0 Å².